The third-order valence-electron chi connectivity index (χ3n) is 4.77. The zero-order valence-corrected chi connectivity index (χ0v) is 14.1. The average molecular weight is 332 g/mol. The largest absolute Gasteiger partial charge is 0.469 e. The molecule has 24 heavy (non-hydrogen) atoms. The van der Waals surface area contributed by atoms with Crippen molar-refractivity contribution in [2.24, 2.45) is 0 Å². The number of carbonyl (C=O) groups excluding carboxylic acids is 2. The zero-order chi connectivity index (χ0) is 17.1. The Morgan fingerprint density at radius 3 is 2.96 bits per heavy atom. The van der Waals surface area contributed by atoms with Crippen LogP contribution in [0.3, 0.4) is 0 Å². The Labute approximate surface area is 141 Å². The Hall–Kier alpha value is -2.08. The van der Waals surface area contributed by atoms with Crippen molar-refractivity contribution >= 4 is 17.6 Å². The number of esters is 1. The van der Waals surface area contributed by atoms with Crippen molar-refractivity contribution in [1.82, 2.24) is 5.32 Å². The molecule has 1 amide bonds. The molecule has 1 aromatic rings. The topological polar surface area (TPSA) is 76.7 Å². The summed E-state index contributed by atoms with van der Waals surface area (Å²) in [6.07, 6.45) is 2.45. The minimum Gasteiger partial charge on any atom is -0.469 e. The molecule has 6 heteroatoms. The SMILES string of the molecule is COC(=O)CC(NC(=O)C1Cc2cccc(C)c2N1)C1CCCO1. The summed E-state index contributed by atoms with van der Waals surface area (Å²) in [5.74, 6) is -0.440. The average Bonchev–Trinajstić information content (AvgIpc) is 3.24. The summed E-state index contributed by atoms with van der Waals surface area (Å²) in [4.78, 5) is 24.3. The zero-order valence-electron chi connectivity index (χ0n) is 14.1. The van der Waals surface area contributed by atoms with E-state index >= 15 is 0 Å². The van der Waals surface area contributed by atoms with Crippen molar-refractivity contribution in [2.75, 3.05) is 19.0 Å². The van der Waals surface area contributed by atoms with Gasteiger partial charge in [0.2, 0.25) is 5.91 Å². The van der Waals surface area contributed by atoms with Crippen LogP contribution < -0.4 is 10.6 Å². The van der Waals surface area contributed by atoms with Crippen molar-refractivity contribution in [3.63, 3.8) is 0 Å². The highest BCUT2D eigenvalue weighted by Gasteiger charge is 2.33. The molecule has 0 aromatic heterocycles. The van der Waals surface area contributed by atoms with Gasteiger partial charge in [0.15, 0.2) is 0 Å². The standard InChI is InChI=1S/C18H24N2O4/c1-11-5-3-6-12-9-14(19-17(11)12)18(22)20-13(10-16(21)23-2)15-7-4-8-24-15/h3,5-6,13-15,19H,4,7-10H2,1-2H3,(H,20,22). The monoisotopic (exact) mass is 332 g/mol. The normalized spacial score (nSPS) is 23.2. The number of carbonyl (C=O) groups is 2. The van der Waals surface area contributed by atoms with Gasteiger partial charge in [-0.2, -0.15) is 0 Å². The molecule has 0 spiro atoms. The lowest BCUT2D eigenvalue weighted by Crippen LogP contribution is -2.49. The van der Waals surface area contributed by atoms with Gasteiger partial charge < -0.3 is 20.1 Å². The van der Waals surface area contributed by atoms with Crippen molar-refractivity contribution < 1.29 is 19.1 Å². The second kappa shape index (κ2) is 7.21. The molecule has 1 fully saturated rings. The first-order chi connectivity index (χ1) is 11.6. The molecule has 0 aliphatic carbocycles. The van der Waals surface area contributed by atoms with Gasteiger partial charge in [-0.15, -0.1) is 0 Å². The van der Waals surface area contributed by atoms with E-state index in [4.69, 9.17) is 9.47 Å². The van der Waals surface area contributed by atoms with Crippen LogP contribution in [0.25, 0.3) is 0 Å². The van der Waals surface area contributed by atoms with Gasteiger partial charge in [-0.25, -0.2) is 0 Å². The number of hydrogen-bond acceptors (Lipinski definition) is 5. The Kier molecular flexibility index (Phi) is 5.04. The van der Waals surface area contributed by atoms with E-state index in [0.29, 0.717) is 13.0 Å². The fraction of sp³-hybridized carbons (Fsp3) is 0.556. The summed E-state index contributed by atoms with van der Waals surface area (Å²) in [6.45, 7) is 2.70. The number of hydrogen-bond donors (Lipinski definition) is 2. The number of methoxy groups -OCH3 is 1. The molecule has 0 bridgehead atoms. The molecule has 1 saturated heterocycles. The van der Waals surface area contributed by atoms with Crippen molar-refractivity contribution in [1.29, 1.82) is 0 Å². The number of rotatable bonds is 5. The van der Waals surface area contributed by atoms with E-state index in [1.54, 1.807) is 0 Å². The Morgan fingerprint density at radius 2 is 2.29 bits per heavy atom. The van der Waals surface area contributed by atoms with Crippen molar-refractivity contribution in [2.45, 2.75) is 50.8 Å². The molecule has 130 valence electrons. The number of para-hydroxylation sites is 1. The van der Waals surface area contributed by atoms with Crippen LogP contribution in [0.5, 0.6) is 0 Å². The fourth-order valence-electron chi connectivity index (χ4n) is 3.45. The first kappa shape index (κ1) is 16.8. The lowest BCUT2D eigenvalue weighted by molar-refractivity contribution is -0.142. The lowest BCUT2D eigenvalue weighted by atomic mass is 10.0. The van der Waals surface area contributed by atoms with Crippen LogP contribution in [0.4, 0.5) is 5.69 Å². The lowest BCUT2D eigenvalue weighted by Gasteiger charge is -2.25. The van der Waals surface area contributed by atoms with Gasteiger partial charge in [-0.1, -0.05) is 18.2 Å². The molecule has 3 unspecified atom stereocenters. The summed E-state index contributed by atoms with van der Waals surface area (Å²) in [5.41, 5.74) is 3.32. The second-order valence-electron chi connectivity index (χ2n) is 6.46. The maximum atomic E-state index is 12.7. The molecule has 2 aliphatic rings. The first-order valence-corrected chi connectivity index (χ1v) is 8.42. The van der Waals surface area contributed by atoms with Crippen LogP contribution in [0, 0.1) is 6.92 Å². The van der Waals surface area contributed by atoms with E-state index in [-0.39, 0.29) is 36.5 Å². The van der Waals surface area contributed by atoms with Gasteiger partial charge in [0.25, 0.3) is 0 Å². The van der Waals surface area contributed by atoms with Crippen LogP contribution >= 0.6 is 0 Å². The summed E-state index contributed by atoms with van der Waals surface area (Å²) < 4.78 is 10.4. The van der Waals surface area contributed by atoms with Crippen molar-refractivity contribution in [3.05, 3.63) is 29.3 Å². The van der Waals surface area contributed by atoms with E-state index in [2.05, 4.69) is 10.6 Å². The molecule has 3 rings (SSSR count). The highest BCUT2D eigenvalue weighted by atomic mass is 16.5. The number of aryl methyl sites for hydroxylation is 1. The van der Waals surface area contributed by atoms with Crippen molar-refractivity contribution in [3.8, 4) is 0 Å². The number of anilines is 1. The van der Waals surface area contributed by atoms with Crippen LogP contribution in [-0.2, 0) is 25.5 Å². The van der Waals surface area contributed by atoms with Crippen LogP contribution in [0.1, 0.15) is 30.4 Å². The smallest absolute Gasteiger partial charge is 0.307 e. The van der Waals surface area contributed by atoms with Gasteiger partial charge in [0, 0.05) is 18.7 Å². The summed E-state index contributed by atoms with van der Waals surface area (Å²) >= 11 is 0. The molecule has 3 atom stereocenters. The highest BCUT2D eigenvalue weighted by molar-refractivity contribution is 5.88. The predicted octanol–water partition coefficient (Wildman–Crippen LogP) is 1.56. The second-order valence-corrected chi connectivity index (χ2v) is 6.46. The van der Waals surface area contributed by atoms with Crippen LogP contribution in [0.15, 0.2) is 18.2 Å². The molecule has 6 nitrogen and oxygen atoms in total. The Bertz CT molecular complexity index is 625. The van der Waals surface area contributed by atoms with Gasteiger partial charge in [-0.05, 0) is 30.9 Å². The van der Waals surface area contributed by atoms with Crippen LogP contribution in [-0.4, -0.2) is 43.8 Å². The minimum absolute atomic E-state index is 0.102. The van der Waals surface area contributed by atoms with Gasteiger partial charge >= 0.3 is 5.97 Å². The number of benzene rings is 1. The molecule has 2 aliphatic heterocycles. The maximum absolute atomic E-state index is 12.7. The number of fused-ring (bicyclic) bond motifs is 1. The molecule has 2 heterocycles. The predicted molar refractivity (Wildman–Crippen MR) is 89.8 cm³/mol. The van der Waals surface area contributed by atoms with E-state index < -0.39 is 0 Å². The third-order valence-corrected chi connectivity index (χ3v) is 4.77. The molecular weight excluding hydrogens is 308 g/mol. The number of ether oxygens (including phenoxy) is 2. The number of amides is 1. The fourth-order valence-corrected chi connectivity index (χ4v) is 3.45. The molecular formula is C18H24N2O4. The maximum Gasteiger partial charge on any atom is 0.307 e. The summed E-state index contributed by atoms with van der Waals surface area (Å²) in [5, 5.41) is 6.29. The van der Waals surface area contributed by atoms with E-state index in [9.17, 15) is 9.59 Å². The van der Waals surface area contributed by atoms with E-state index in [0.717, 1.165) is 29.7 Å². The van der Waals surface area contributed by atoms with E-state index in [1.807, 2.05) is 25.1 Å². The molecule has 0 saturated carbocycles. The van der Waals surface area contributed by atoms with Gasteiger partial charge in [-0.3, -0.25) is 9.59 Å². The van der Waals surface area contributed by atoms with E-state index in [1.165, 1.54) is 7.11 Å². The molecule has 2 N–H and O–H groups in total. The summed E-state index contributed by atoms with van der Waals surface area (Å²) in [7, 11) is 1.36. The highest BCUT2D eigenvalue weighted by Crippen LogP contribution is 2.29. The van der Waals surface area contributed by atoms with Gasteiger partial charge in [0.1, 0.15) is 6.04 Å². The summed E-state index contributed by atoms with van der Waals surface area (Å²) in [6, 6.07) is 5.40. The Morgan fingerprint density at radius 1 is 1.46 bits per heavy atom. The Balaban J connectivity index is 1.65. The minimum atomic E-state index is -0.348. The first-order valence-electron chi connectivity index (χ1n) is 8.42. The van der Waals surface area contributed by atoms with Gasteiger partial charge in [0.05, 0.1) is 25.7 Å². The third kappa shape index (κ3) is 3.53. The molecule has 0 radical (unpaired) electrons. The van der Waals surface area contributed by atoms with Crippen LogP contribution in [0.2, 0.25) is 0 Å². The number of nitrogens with one attached hydrogen (secondary N) is 2. The molecule has 1 aromatic carbocycles. The quantitative estimate of drug-likeness (QED) is 0.800.